The highest BCUT2D eigenvalue weighted by Crippen LogP contribution is 2.37. The number of fused-ring (bicyclic) bond motifs is 1. The predicted molar refractivity (Wildman–Crippen MR) is 86.2 cm³/mol. The quantitative estimate of drug-likeness (QED) is 0.781. The van der Waals surface area contributed by atoms with E-state index in [9.17, 15) is 0 Å². The smallest absolute Gasteiger partial charge is 0.0927 e. The number of aromatic nitrogens is 2. The van der Waals surface area contributed by atoms with Crippen LogP contribution in [0.5, 0.6) is 0 Å². The van der Waals surface area contributed by atoms with Crippen LogP contribution in [0.3, 0.4) is 0 Å². The molecule has 2 aromatic rings. The normalized spacial score (nSPS) is 12.9. The average molecular weight is 270 g/mol. The Morgan fingerprint density at radius 2 is 1.10 bits per heavy atom. The van der Waals surface area contributed by atoms with Gasteiger partial charge in [-0.05, 0) is 34.8 Å². The molecular weight excluding hydrogens is 244 g/mol. The molecule has 0 amide bonds. The van der Waals surface area contributed by atoms with Crippen LogP contribution in [0.15, 0.2) is 24.5 Å². The molecule has 2 rings (SSSR count). The van der Waals surface area contributed by atoms with Gasteiger partial charge in [0.15, 0.2) is 0 Å². The van der Waals surface area contributed by atoms with Gasteiger partial charge in [-0.3, -0.25) is 9.97 Å². The van der Waals surface area contributed by atoms with Crippen LogP contribution in [-0.4, -0.2) is 9.97 Å². The van der Waals surface area contributed by atoms with E-state index in [-0.39, 0.29) is 10.8 Å². The molecule has 0 saturated carbocycles. The third-order valence-electron chi connectivity index (χ3n) is 4.85. The van der Waals surface area contributed by atoms with Crippen LogP contribution in [0.1, 0.15) is 65.5 Å². The number of hydrogen-bond acceptors (Lipinski definition) is 2. The lowest BCUT2D eigenvalue weighted by molar-refractivity contribution is 0.501. The van der Waals surface area contributed by atoms with Gasteiger partial charge >= 0.3 is 0 Å². The second-order valence-electron chi connectivity index (χ2n) is 6.89. The van der Waals surface area contributed by atoms with Crippen LogP contribution in [0.4, 0.5) is 0 Å². The topological polar surface area (TPSA) is 25.8 Å². The molecule has 0 atom stereocenters. The second-order valence-corrected chi connectivity index (χ2v) is 6.89. The third-order valence-corrected chi connectivity index (χ3v) is 4.85. The first-order valence-corrected chi connectivity index (χ1v) is 7.58. The molecular formula is C18H26N2. The number of rotatable bonds is 4. The minimum absolute atomic E-state index is 0.128. The summed E-state index contributed by atoms with van der Waals surface area (Å²) in [6.07, 6.45) is 5.80. The zero-order chi connectivity index (χ0) is 15.0. The molecule has 1 aromatic carbocycles. The highest BCUT2D eigenvalue weighted by atomic mass is 14.8. The highest BCUT2D eigenvalue weighted by Gasteiger charge is 2.27. The summed E-state index contributed by atoms with van der Waals surface area (Å²) in [5, 5.41) is 0. The Bertz CT molecular complexity index is 557. The van der Waals surface area contributed by atoms with Crippen molar-refractivity contribution in [3.8, 4) is 0 Å². The van der Waals surface area contributed by atoms with E-state index in [4.69, 9.17) is 0 Å². The van der Waals surface area contributed by atoms with E-state index in [1.54, 1.807) is 12.4 Å². The average Bonchev–Trinajstić information content (AvgIpc) is 2.45. The molecule has 0 bridgehead atoms. The Balaban J connectivity index is 2.78. The van der Waals surface area contributed by atoms with Gasteiger partial charge in [-0.15, -0.1) is 0 Å². The zero-order valence-corrected chi connectivity index (χ0v) is 13.6. The van der Waals surface area contributed by atoms with Crippen LogP contribution < -0.4 is 0 Å². The molecule has 0 spiro atoms. The van der Waals surface area contributed by atoms with Crippen molar-refractivity contribution in [3.63, 3.8) is 0 Å². The lowest BCUT2D eigenvalue weighted by atomic mass is 9.77. The fourth-order valence-electron chi connectivity index (χ4n) is 2.53. The van der Waals surface area contributed by atoms with Crippen LogP contribution >= 0.6 is 0 Å². The van der Waals surface area contributed by atoms with Crippen LogP contribution in [-0.2, 0) is 10.8 Å². The predicted octanol–water partition coefficient (Wildman–Crippen LogP) is 5.01. The molecule has 0 aliphatic heterocycles. The van der Waals surface area contributed by atoms with Crippen molar-refractivity contribution in [2.24, 2.45) is 0 Å². The molecule has 0 saturated heterocycles. The molecule has 0 radical (unpaired) electrons. The van der Waals surface area contributed by atoms with E-state index in [0.717, 1.165) is 23.9 Å². The van der Waals surface area contributed by atoms with Crippen LogP contribution in [0, 0.1) is 0 Å². The van der Waals surface area contributed by atoms with Gasteiger partial charge in [0.05, 0.1) is 11.0 Å². The summed E-state index contributed by atoms with van der Waals surface area (Å²) in [5.74, 6) is 0. The Morgan fingerprint density at radius 3 is 1.40 bits per heavy atom. The maximum absolute atomic E-state index is 4.64. The van der Waals surface area contributed by atoms with Crippen molar-refractivity contribution < 1.29 is 0 Å². The SMILES string of the molecule is CCC(C)(C)c1ccc(C(C)(C)CC)c2nccnc12. The lowest BCUT2D eigenvalue weighted by Crippen LogP contribution is -2.20. The van der Waals surface area contributed by atoms with E-state index in [0.29, 0.717) is 0 Å². The van der Waals surface area contributed by atoms with Gasteiger partial charge < -0.3 is 0 Å². The van der Waals surface area contributed by atoms with Gasteiger partial charge in [0.2, 0.25) is 0 Å². The summed E-state index contributed by atoms with van der Waals surface area (Å²) >= 11 is 0. The third kappa shape index (κ3) is 2.44. The molecule has 0 unspecified atom stereocenters. The molecule has 2 heteroatoms. The summed E-state index contributed by atoms with van der Waals surface area (Å²) in [7, 11) is 0. The fourth-order valence-corrected chi connectivity index (χ4v) is 2.53. The van der Waals surface area contributed by atoms with E-state index in [1.807, 2.05) is 0 Å². The standard InChI is InChI=1S/C18H26N2/c1-7-17(3,4)13-9-10-14(18(5,6)8-2)16-15(13)19-11-12-20-16/h9-12H,7-8H2,1-6H3. The van der Waals surface area contributed by atoms with Gasteiger partial charge in [0.25, 0.3) is 0 Å². The van der Waals surface area contributed by atoms with Crippen LogP contribution in [0.25, 0.3) is 11.0 Å². The van der Waals surface area contributed by atoms with Crippen molar-refractivity contribution in [2.75, 3.05) is 0 Å². The van der Waals surface area contributed by atoms with Crippen molar-refractivity contribution in [3.05, 3.63) is 35.7 Å². The number of nitrogens with zero attached hydrogens (tertiary/aromatic N) is 2. The summed E-state index contributed by atoms with van der Waals surface area (Å²) < 4.78 is 0. The summed E-state index contributed by atoms with van der Waals surface area (Å²) in [4.78, 5) is 9.28. The van der Waals surface area contributed by atoms with Crippen LogP contribution in [0.2, 0.25) is 0 Å². The van der Waals surface area contributed by atoms with Gasteiger partial charge in [-0.1, -0.05) is 53.7 Å². The second kappa shape index (κ2) is 5.16. The molecule has 1 heterocycles. The Hall–Kier alpha value is -1.44. The monoisotopic (exact) mass is 270 g/mol. The summed E-state index contributed by atoms with van der Waals surface area (Å²) in [6.45, 7) is 13.6. The van der Waals surface area contributed by atoms with Crippen molar-refractivity contribution >= 4 is 11.0 Å². The van der Waals surface area contributed by atoms with E-state index in [1.165, 1.54) is 11.1 Å². The Labute approximate surface area is 122 Å². The van der Waals surface area contributed by atoms with E-state index >= 15 is 0 Å². The maximum Gasteiger partial charge on any atom is 0.0927 e. The zero-order valence-electron chi connectivity index (χ0n) is 13.6. The molecule has 0 aliphatic rings. The molecule has 0 N–H and O–H groups in total. The fraction of sp³-hybridized carbons (Fsp3) is 0.556. The van der Waals surface area contributed by atoms with Gasteiger partial charge in [-0.2, -0.15) is 0 Å². The number of benzene rings is 1. The molecule has 0 fully saturated rings. The van der Waals surface area contributed by atoms with E-state index < -0.39 is 0 Å². The molecule has 1 aromatic heterocycles. The first-order chi connectivity index (χ1) is 9.33. The largest absolute Gasteiger partial charge is 0.253 e. The first-order valence-electron chi connectivity index (χ1n) is 7.58. The Morgan fingerprint density at radius 1 is 0.750 bits per heavy atom. The van der Waals surface area contributed by atoms with Gasteiger partial charge in [-0.25, -0.2) is 0 Å². The summed E-state index contributed by atoms with van der Waals surface area (Å²) in [5.41, 5.74) is 5.00. The minimum atomic E-state index is 0.128. The maximum atomic E-state index is 4.64. The molecule has 0 aliphatic carbocycles. The van der Waals surface area contributed by atoms with Crippen molar-refractivity contribution in [2.45, 2.75) is 65.2 Å². The molecule has 108 valence electrons. The first kappa shape index (κ1) is 15.0. The Kier molecular flexibility index (Phi) is 3.86. The van der Waals surface area contributed by atoms with Gasteiger partial charge in [0.1, 0.15) is 0 Å². The van der Waals surface area contributed by atoms with E-state index in [2.05, 4.69) is 63.6 Å². The van der Waals surface area contributed by atoms with Crippen molar-refractivity contribution in [1.82, 2.24) is 9.97 Å². The van der Waals surface area contributed by atoms with Gasteiger partial charge in [0, 0.05) is 12.4 Å². The number of hydrogen-bond donors (Lipinski definition) is 0. The van der Waals surface area contributed by atoms with Crippen molar-refractivity contribution in [1.29, 1.82) is 0 Å². The minimum Gasteiger partial charge on any atom is -0.253 e. The lowest BCUT2D eigenvalue weighted by Gasteiger charge is -2.28. The molecule has 20 heavy (non-hydrogen) atoms. The molecule has 2 nitrogen and oxygen atoms in total. The highest BCUT2D eigenvalue weighted by molar-refractivity contribution is 5.83. The summed E-state index contributed by atoms with van der Waals surface area (Å²) in [6, 6.07) is 4.51.